The Balaban J connectivity index is 3.56. The summed E-state index contributed by atoms with van der Waals surface area (Å²) < 4.78 is 32.9. The smallest absolute Gasteiger partial charge is 0.171 e. The Labute approximate surface area is 70.1 Å². The maximum atomic E-state index is 11.4. The van der Waals surface area contributed by atoms with Crippen LogP contribution < -0.4 is 0 Å². The molecule has 0 atom stereocenters. The molecule has 0 aliphatic carbocycles. The van der Waals surface area contributed by atoms with Gasteiger partial charge in [-0.25, -0.2) is 0 Å². The van der Waals surface area contributed by atoms with E-state index in [-0.39, 0.29) is 6.42 Å². The van der Waals surface area contributed by atoms with Gasteiger partial charge in [0.15, 0.2) is 0 Å². The molecular weight excluding hydrogens is 204 g/mol. The van der Waals surface area contributed by atoms with E-state index in [1.54, 1.807) is 0 Å². The third kappa shape index (κ3) is 8.59. The lowest BCUT2D eigenvalue weighted by Crippen LogP contribution is -2.17. The summed E-state index contributed by atoms with van der Waals surface area (Å²) in [5.74, 6) is 0. The van der Waals surface area contributed by atoms with Crippen LogP contribution in [-0.2, 0) is 0 Å². The van der Waals surface area contributed by atoms with Crippen LogP contribution in [0.15, 0.2) is 0 Å². The zero-order valence-electron chi connectivity index (χ0n) is 4.80. The lowest BCUT2D eigenvalue weighted by atomic mass is 10.3. The Morgan fingerprint density at radius 3 is 1.60 bits per heavy atom. The lowest BCUT2D eigenvalue weighted by molar-refractivity contribution is -0.135. The molecule has 0 aliphatic heterocycles. The molecule has 0 fully saturated rings. The zero-order valence-corrected chi connectivity index (χ0v) is 7.32. The standard InChI is InChI=1S/C4H4Cl2F3Si/c5-3(6,10)1-2-4(7,8)9/h1-2H2. The summed E-state index contributed by atoms with van der Waals surface area (Å²) in [5, 5.41) is 0. The molecule has 0 saturated carbocycles. The van der Waals surface area contributed by atoms with Gasteiger partial charge in [0.1, 0.15) is 3.96 Å². The molecule has 3 radical (unpaired) electrons. The maximum absolute atomic E-state index is 11.4. The quantitative estimate of drug-likeness (QED) is 0.483. The molecule has 0 amide bonds. The molecule has 0 saturated heterocycles. The van der Waals surface area contributed by atoms with Crippen LogP contribution in [0.5, 0.6) is 0 Å². The Morgan fingerprint density at radius 1 is 1.10 bits per heavy atom. The highest BCUT2D eigenvalue weighted by molar-refractivity contribution is 6.65. The normalized spacial score (nSPS) is 13.8. The van der Waals surface area contributed by atoms with E-state index in [0.717, 1.165) is 0 Å². The number of rotatable bonds is 2. The van der Waals surface area contributed by atoms with Gasteiger partial charge < -0.3 is 0 Å². The predicted octanol–water partition coefficient (Wildman–Crippen LogP) is 2.63. The summed E-state index contributed by atoms with van der Waals surface area (Å²) in [6.07, 6.45) is -5.53. The largest absolute Gasteiger partial charge is 0.389 e. The van der Waals surface area contributed by atoms with Crippen LogP contribution >= 0.6 is 23.2 Å². The maximum Gasteiger partial charge on any atom is 0.389 e. The first-order chi connectivity index (χ1) is 4.21. The minimum atomic E-state index is -4.19. The first-order valence-corrected chi connectivity index (χ1v) is 3.66. The second-order valence-electron chi connectivity index (χ2n) is 1.82. The van der Waals surface area contributed by atoms with Crippen molar-refractivity contribution in [2.45, 2.75) is 23.0 Å². The van der Waals surface area contributed by atoms with E-state index in [9.17, 15) is 13.2 Å². The van der Waals surface area contributed by atoms with Crippen molar-refractivity contribution in [2.24, 2.45) is 0 Å². The van der Waals surface area contributed by atoms with Crippen LogP contribution in [0.25, 0.3) is 0 Å². The zero-order chi connectivity index (χ0) is 8.41. The average molecular weight is 208 g/mol. The van der Waals surface area contributed by atoms with Crippen molar-refractivity contribution in [3.05, 3.63) is 0 Å². The molecule has 0 unspecified atom stereocenters. The summed E-state index contributed by atoms with van der Waals surface area (Å²) in [6, 6.07) is 0. The van der Waals surface area contributed by atoms with Gasteiger partial charge in [0.2, 0.25) is 0 Å². The fourth-order valence-corrected chi connectivity index (χ4v) is 0.613. The highest BCUT2D eigenvalue weighted by Crippen LogP contribution is 2.29. The molecule has 0 aromatic carbocycles. The molecule has 0 nitrogen and oxygen atoms in total. The van der Waals surface area contributed by atoms with Gasteiger partial charge in [-0.05, 0) is 6.42 Å². The monoisotopic (exact) mass is 207 g/mol. The van der Waals surface area contributed by atoms with E-state index in [1.807, 2.05) is 0 Å². The SMILES string of the molecule is FC(F)(F)CCC([Si])(Cl)Cl. The van der Waals surface area contributed by atoms with Crippen molar-refractivity contribution < 1.29 is 13.2 Å². The molecule has 10 heavy (non-hydrogen) atoms. The molecule has 0 spiro atoms. The van der Waals surface area contributed by atoms with Gasteiger partial charge in [0, 0.05) is 6.42 Å². The van der Waals surface area contributed by atoms with Crippen LogP contribution in [0.3, 0.4) is 0 Å². The van der Waals surface area contributed by atoms with Crippen LogP contribution in [-0.4, -0.2) is 20.4 Å². The average Bonchev–Trinajstić information content (AvgIpc) is 1.57. The second-order valence-corrected chi connectivity index (χ2v) is 4.79. The summed E-state index contributed by atoms with van der Waals surface area (Å²) in [4.78, 5) is 0. The first kappa shape index (κ1) is 10.6. The van der Waals surface area contributed by atoms with E-state index < -0.39 is 16.6 Å². The van der Waals surface area contributed by atoms with E-state index in [0.29, 0.717) is 0 Å². The summed E-state index contributed by atoms with van der Waals surface area (Å²) in [5.41, 5.74) is 0. The fourth-order valence-electron chi connectivity index (χ4n) is 0.299. The molecule has 0 aliphatic rings. The topological polar surface area (TPSA) is 0 Å². The molecular formula is C4H4Cl2F3Si. The molecule has 0 aromatic heterocycles. The third-order valence-electron chi connectivity index (χ3n) is 0.722. The van der Waals surface area contributed by atoms with Gasteiger partial charge in [-0.3, -0.25) is 0 Å². The highest BCUT2D eigenvalue weighted by atomic mass is 35.5. The minimum absolute atomic E-state index is 0.351. The first-order valence-electron chi connectivity index (χ1n) is 2.40. The number of hydrogen-bond acceptors (Lipinski definition) is 0. The second kappa shape index (κ2) is 3.32. The molecule has 0 aromatic rings. The van der Waals surface area contributed by atoms with Gasteiger partial charge in [0.05, 0.1) is 10.2 Å². The van der Waals surface area contributed by atoms with Crippen LogP contribution in [0.4, 0.5) is 13.2 Å². The summed E-state index contributed by atoms with van der Waals surface area (Å²) in [7, 11) is 2.71. The van der Waals surface area contributed by atoms with Gasteiger partial charge in [-0.1, -0.05) is 0 Å². The van der Waals surface area contributed by atoms with E-state index in [4.69, 9.17) is 23.2 Å². The fraction of sp³-hybridized carbons (Fsp3) is 1.00. The Kier molecular flexibility index (Phi) is 3.52. The van der Waals surface area contributed by atoms with Crippen LogP contribution in [0, 0.1) is 0 Å². The van der Waals surface area contributed by atoms with Gasteiger partial charge in [-0.2, -0.15) is 13.2 Å². The minimum Gasteiger partial charge on any atom is -0.171 e. The van der Waals surface area contributed by atoms with Crippen LogP contribution in [0.1, 0.15) is 12.8 Å². The van der Waals surface area contributed by atoms with Crippen molar-refractivity contribution in [3.8, 4) is 0 Å². The van der Waals surface area contributed by atoms with E-state index >= 15 is 0 Å². The molecule has 0 rings (SSSR count). The molecule has 0 bridgehead atoms. The third-order valence-corrected chi connectivity index (χ3v) is 1.35. The number of hydrogen-bond donors (Lipinski definition) is 0. The van der Waals surface area contributed by atoms with Crippen molar-refractivity contribution in [1.29, 1.82) is 0 Å². The summed E-state index contributed by atoms with van der Waals surface area (Å²) in [6.45, 7) is 0. The Bertz CT molecular complexity index is 92.1. The predicted molar refractivity (Wildman–Crippen MR) is 35.5 cm³/mol. The number of halogens is 5. The van der Waals surface area contributed by atoms with Crippen molar-refractivity contribution in [2.75, 3.05) is 0 Å². The van der Waals surface area contributed by atoms with Crippen molar-refractivity contribution in [3.63, 3.8) is 0 Å². The molecule has 59 valence electrons. The molecule has 6 heteroatoms. The molecule has 0 heterocycles. The van der Waals surface area contributed by atoms with Crippen LogP contribution in [0.2, 0.25) is 0 Å². The highest BCUT2D eigenvalue weighted by Gasteiger charge is 2.30. The van der Waals surface area contributed by atoms with Gasteiger partial charge in [0.25, 0.3) is 0 Å². The van der Waals surface area contributed by atoms with E-state index in [1.165, 1.54) is 0 Å². The number of alkyl halides is 5. The van der Waals surface area contributed by atoms with Gasteiger partial charge >= 0.3 is 6.18 Å². The van der Waals surface area contributed by atoms with Crippen molar-refractivity contribution >= 4 is 33.4 Å². The van der Waals surface area contributed by atoms with Crippen molar-refractivity contribution in [1.82, 2.24) is 0 Å². The Hall–Kier alpha value is 0.587. The lowest BCUT2D eigenvalue weighted by Gasteiger charge is -2.13. The van der Waals surface area contributed by atoms with Gasteiger partial charge in [-0.15, -0.1) is 23.2 Å². The molecule has 0 N–H and O–H groups in total. The Morgan fingerprint density at radius 2 is 1.50 bits per heavy atom. The van der Waals surface area contributed by atoms with E-state index in [2.05, 4.69) is 10.2 Å². The summed E-state index contributed by atoms with van der Waals surface area (Å²) >= 11 is 10.4.